The maximum absolute atomic E-state index is 4.39. The first kappa shape index (κ1) is 11.9. The van der Waals surface area contributed by atoms with Gasteiger partial charge in [-0.05, 0) is 12.3 Å². The first-order valence-electron chi connectivity index (χ1n) is 7.21. The Bertz CT molecular complexity index is 399. The van der Waals surface area contributed by atoms with Gasteiger partial charge in [0, 0.05) is 31.6 Å². The van der Waals surface area contributed by atoms with Gasteiger partial charge in [0.15, 0.2) is 0 Å². The molecule has 0 amide bonds. The van der Waals surface area contributed by atoms with Crippen molar-refractivity contribution in [3.05, 3.63) is 17.6 Å². The number of hydrogen-bond donors (Lipinski definition) is 2. The average molecular weight is 246 g/mol. The molecule has 1 fully saturated rings. The lowest BCUT2D eigenvalue weighted by Crippen LogP contribution is -2.26. The minimum Gasteiger partial charge on any atom is -0.370 e. The first-order chi connectivity index (χ1) is 8.93. The Kier molecular flexibility index (Phi) is 3.74. The van der Waals surface area contributed by atoms with E-state index in [1.165, 1.54) is 43.4 Å². The predicted octanol–water partition coefficient (Wildman–Crippen LogP) is 2.11. The molecule has 2 N–H and O–H groups in total. The van der Waals surface area contributed by atoms with E-state index in [0.29, 0.717) is 0 Å². The highest BCUT2D eigenvalue weighted by Gasteiger charge is 2.16. The number of fused-ring (bicyclic) bond motifs is 1. The molecule has 0 atom stereocenters. The molecule has 1 saturated carbocycles. The Labute approximate surface area is 109 Å². The van der Waals surface area contributed by atoms with E-state index in [9.17, 15) is 0 Å². The second-order valence-corrected chi connectivity index (χ2v) is 5.44. The third-order valence-corrected chi connectivity index (χ3v) is 4.19. The maximum Gasteiger partial charge on any atom is 0.134 e. The SMILES string of the molecule is c1nc2c(c(NCCC3CCCC3)n1)CNCC2. The van der Waals surface area contributed by atoms with Crippen LogP contribution in [-0.4, -0.2) is 23.1 Å². The van der Waals surface area contributed by atoms with Gasteiger partial charge < -0.3 is 10.6 Å². The minimum atomic E-state index is 0.905. The summed E-state index contributed by atoms with van der Waals surface area (Å²) in [6.07, 6.45) is 9.70. The summed E-state index contributed by atoms with van der Waals surface area (Å²) >= 11 is 0. The minimum absolute atomic E-state index is 0.905. The van der Waals surface area contributed by atoms with Gasteiger partial charge in [0.25, 0.3) is 0 Å². The summed E-state index contributed by atoms with van der Waals surface area (Å²) in [4.78, 5) is 8.77. The summed E-state index contributed by atoms with van der Waals surface area (Å²) in [5, 5.41) is 6.90. The smallest absolute Gasteiger partial charge is 0.134 e. The molecule has 4 heteroatoms. The molecule has 0 aromatic carbocycles. The summed E-state index contributed by atoms with van der Waals surface area (Å²) in [6.45, 7) is 2.99. The van der Waals surface area contributed by atoms with Crippen LogP contribution in [0.25, 0.3) is 0 Å². The van der Waals surface area contributed by atoms with Crippen molar-refractivity contribution in [2.24, 2.45) is 5.92 Å². The predicted molar refractivity (Wildman–Crippen MR) is 72.5 cm³/mol. The van der Waals surface area contributed by atoms with Crippen molar-refractivity contribution in [3.8, 4) is 0 Å². The molecular formula is C14H22N4. The van der Waals surface area contributed by atoms with Gasteiger partial charge in [-0.2, -0.15) is 0 Å². The van der Waals surface area contributed by atoms with Crippen molar-refractivity contribution < 1.29 is 0 Å². The third-order valence-electron chi connectivity index (χ3n) is 4.19. The van der Waals surface area contributed by atoms with Crippen molar-refractivity contribution in [2.45, 2.75) is 45.1 Å². The maximum atomic E-state index is 4.39. The molecule has 1 aromatic heterocycles. The molecule has 4 nitrogen and oxygen atoms in total. The quantitative estimate of drug-likeness (QED) is 0.854. The van der Waals surface area contributed by atoms with Crippen molar-refractivity contribution in [1.82, 2.24) is 15.3 Å². The van der Waals surface area contributed by atoms with E-state index in [1.54, 1.807) is 6.33 Å². The van der Waals surface area contributed by atoms with E-state index in [0.717, 1.165) is 37.8 Å². The Hall–Kier alpha value is -1.16. The number of nitrogens with one attached hydrogen (secondary N) is 2. The molecular weight excluding hydrogens is 224 g/mol. The van der Waals surface area contributed by atoms with Crippen LogP contribution in [0.1, 0.15) is 43.4 Å². The second-order valence-electron chi connectivity index (χ2n) is 5.44. The van der Waals surface area contributed by atoms with Crippen molar-refractivity contribution in [1.29, 1.82) is 0 Å². The van der Waals surface area contributed by atoms with Crippen LogP contribution < -0.4 is 10.6 Å². The highest BCUT2D eigenvalue weighted by molar-refractivity contribution is 5.46. The normalized spacial score (nSPS) is 19.8. The zero-order chi connectivity index (χ0) is 12.2. The fourth-order valence-corrected chi connectivity index (χ4v) is 3.12. The molecule has 0 unspecified atom stereocenters. The van der Waals surface area contributed by atoms with Crippen molar-refractivity contribution in [3.63, 3.8) is 0 Å². The van der Waals surface area contributed by atoms with E-state index in [2.05, 4.69) is 20.6 Å². The fraction of sp³-hybridized carbons (Fsp3) is 0.714. The highest BCUT2D eigenvalue weighted by Crippen LogP contribution is 2.27. The molecule has 18 heavy (non-hydrogen) atoms. The van der Waals surface area contributed by atoms with Gasteiger partial charge in [-0.15, -0.1) is 0 Å². The van der Waals surface area contributed by atoms with E-state index < -0.39 is 0 Å². The molecule has 0 bridgehead atoms. The molecule has 0 spiro atoms. The van der Waals surface area contributed by atoms with E-state index in [-0.39, 0.29) is 0 Å². The van der Waals surface area contributed by atoms with E-state index in [1.807, 2.05) is 0 Å². The number of aromatic nitrogens is 2. The Morgan fingerprint density at radius 1 is 1.28 bits per heavy atom. The lowest BCUT2D eigenvalue weighted by atomic mass is 10.0. The summed E-state index contributed by atoms with van der Waals surface area (Å²) in [5.41, 5.74) is 2.49. The molecule has 1 aliphatic heterocycles. The van der Waals surface area contributed by atoms with Crippen LogP contribution in [0.2, 0.25) is 0 Å². The van der Waals surface area contributed by atoms with Crippen molar-refractivity contribution >= 4 is 5.82 Å². The topological polar surface area (TPSA) is 49.8 Å². The van der Waals surface area contributed by atoms with Crippen LogP contribution in [-0.2, 0) is 13.0 Å². The summed E-state index contributed by atoms with van der Waals surface area (Å²) in [6, 6.07) is 0. The summed E-state index contributed by atoms with van der Waals surface area (Å²) in [5.74, 6) is 1.98. The molecule has 98 valence electrons. The van der Waals surface area contributed by atoms with Gasteiger partial charge in [0.1, 0.15) is 12.1 Å². The summed E-state index contributed by atoms with van der Waals surface area (Å²) in [7, 11) is 0. The standard InChI is InChI=1S/C14H22N4/c1-2-4-11(3-1)5-8-16-14-12-9-15-7-6-13(12)17-10-18-14/h10-11,15H,1-9H2,(H,16,17,18). The average Bonchev–Trinajstić information content (AvgIpc) is 2.92. The molecule has 2 heterocycles. The van der Waals surface area contributed by atoms with Crippen LogP contribution in [0.15, 0.2) is 6.33 Å². The molecule has 0 radical (unpaired) electrons. The lowest BCUT2D eigenvalue weighted by molar-refractivity contribution is 0.518. The Balaban J connectivity index is 1.58. The molecule has 1 aromatic rings. The number of rotatable bonds is 4. The lowest BCUT2D eigenvalue weighted by Gasteiger charge is -2.19. The second kappa shape index (κ2) is 5.65. The fourth-order valence-electron chi connectivity index (χ4n) is 3.12. The Morgan fingerprint density at radius 3 is 3.06 bits per heavy atom. The van der Waals surface area contributed by atoms with E-state index >= 15 is 0 Å². The monoisotopic (exact) mass is 246 g/mol. The van der Waals surface area contributed by atoms with Crippen LogP contribution in [0.5, 0.6) is 0 Å². The number of anilines is 1. The van der Waals surface area contributed by atoms with E-state index in [4.69, 9.17) is 0 Å². The Morgan fingerprint density at radius 2 is 2.17 bits per heavy atom. The highest BCUT2D eigenvalue weighted by atomic mass is 15.0. The van der Waals surface area contributed by atoms with Crippen LogP contribution >= 0.6 is 0 Å². The molecule has 0 saturated heterocycles. The third kappa shape index (κ3) is 2.64. The first-order valence-corrected chi connectivity index (χ1v) is 7.21. The number of nitrogens with zero attached hydrogens (tertiary/aromatic N) is 2. The van der Waals surface area contributed by atoms with Gasteiger partial charge in [-0.1, -0.05) is 25.7 Å². The van der Waals surface area contributed by atoms with Crippen LogP contribution in [0, 0.1) is 5.92 Å². The van der Waals surface area contributed by atoms with Gasteiger partial charge >= 0.3 is 0 Å². The van der Waals surface area contributed by atoms with Crippen molar-refractivity contribution in [2.75, 3.05) is 18.4 Å². The van der Waals surface area contributed by atoms with Gasteiger partial charge in [-0.3, -0.25) is 0 Å². The largest absolute Gasteiger partial charge is 0.370 e. The zero-order valence-electron chi connectivity index (χ0n) is 10.9. The van der Waals surface area contributed by atoms with Gasteiger partial charge in [-0.25, -0.2) is 9.97 Å². The van der Waals surface area contributed by atoms with Crippen LogP contribution in [0.3, 0.4) is 0 Å². The van der Waals surface area contributed by atoms with Gasteiger partial charge in [0.05, 0.1) is 5.69 Å². The molecule has 3 rings (SSSR count). The number of hydrogen-bond acceptors (Lipinski definition) is 4. The molecule has 1 aliphatic carbocycles. The molecule has 2 aliphatic rings. The van der Waals surface area contributed by atoms with Crippen LogP contribution in [0.4, 0.5) is 5.82 Å². The van der Waals surface area contributed by atoms with Gasteiger partial charge in [0.2, 0.25) is 0 Å². The zero-order valence-corrected chi connectivity index (χ0v) is 10.9. The summed E-state index contributed by atoms with van der Waals surface area (Å²) < 4.78 is 0.